The summed E-state index contributed by atoms with van der Waals surface area (Å²) in [6, 6.07) is 11.3. The van der Waals surface area contributed by atoms with Crippen LogP contribution in [0, 0.1) is 0 Å². The van der Waals surface area contributed by atoms with E-state index >= 15 is 0 Å². The molecule has 0 bridgehead atoms. The van der Waals surface area contributed by atoms with Crippen LogP contribution in [0.5, 0.6) is 11.5 Å². The molecule has 0 amide bonds. The first-order valence-electron chi connectivity index (χ1n) is 7.15. The molecule has 0 saturated carbocycles. The van der Waals surface area contributed by atoms with Crippen LogP contribution in [0.1, 0.15) is 18.9 Å². The van der Waals surface area contributed by atoms with Gasteiger partial charge in [0.15, 0.2) is 11.5 Å². The summed E-state index contributed by atoms with van der Waals surface area (Å²) in [6.07, 6.45) is -4.12. The lowest BCUT2D eigenvalue weighted by atomic mass is 10.0. The molecular formula is C17H17F3O3. The molecule has 0 heterocycles. The van der Waals surface area contributed by atoms with Gasteiger partial charge < -0.3 is 14.6 Å². The minimum Gasteiger partial charge on any atom is -0.490 e. The van der Waals surface area contributed by atoms with E-state index in [1.54, 1.807) is 30.3 Å². The van der Waals surface area contributed by atoms with Crippen molar-refractivity contribution in [1.82, 2.24) is 0 Å². The fourth-order valence-electron chi connectivity index (χ4n) is 2.07. The third-order valence-electron chi connectivity index (χ3n) is 3.07. The van der Waals surface area contributed by atoms with Crippen LogP contribution in [0.4, 0.5) is 13.2 Å². The van der Waals surface area contributed by atoms with Crippen LogP contribution in [0.15, 0.2) is 42.5 Å². The Balaban J connectivity index is 2.39. The second-order valence-electron chi connectivity index (χ2n) is 4.92. The van der Waals surface area contributed by atoms with Gasteiger partial charge in [-0.15, -0.1) is 13.2 Å². The molecule has 0 saturated heterocycles. The molecule has 0 spiro atoms. The third kappa shape index (κ3) is 4.89. The fourth-order valence-corrected chi connectivity index (χ4v) is 2.07. The van der Waals surface area contributed by atoms with Gasteiger partial charge in [0.05, 0.1) is 13.2 Å². The number of benzene rings is 2. The lowest BCUT2D eigenvalue weighted by molar-refractivity contribution is -0.275. The number of hydrogen-bond acceptors (Lipinski definition) is 3. The average Bonchev–Trinajstić information content (AvgIpc) is 2.52. The molecule has 124 valence electrons. The number of ether oxygens (including phenoxy) is 2. The van der Waals surface area contributed by atoms with E-state index in [0.29, 0.717) is 29.7 Å². The maximum absolute atomic E-state index is 12.6. The maximum atomic E-state index is 12.6. The van der Waals surface area contributed by atoms with Gasteiger partial charge in [-0.1, -0.05) is 31.2 Å². The highest BCUT2D eigenvalue weighted by molar-refractivity contribution is 5.67. The maximum Gasteiger partial charge on any atom is 0.573 e. The van der Waals surface area contributed by atoms with Crippen molar-refractivity contribution < 1.29 is 27.8 Å². The van der Waals surface area contributed by atoms with Crippen LogP contribution in [-0.4, -0.2) is 18.1 Å². The topological polar surface area (TPSA) is 38.7 Å². The number of aliphatic hydroxyl groups is 1. The Morgan fingerprint density at radius 1 is 1.00 bits per heavy atom. The molecule has 0 fully saturated rings. The number of rotatable bonds is 6. The van der Waals surface area contributed by atoms with Crippen molar-refractivity contribution in [2.24, 2.45) is 0 Å². The Hall–Kier alpha value is -2.21. The number of hydrogen-bond donors (Lipinski definition) is 1. The quantitative estimate of drug-likeness (QED) is 0.847. The van der Waals surface area contributed by atoms with E-state index in [-0.39, 0.29) is 18.1 Å². The molecule has 0 aliphatic carbocycles. The smallest absolute Gasteiger partial charge is 0.490 e. The van der Waals surface area contributed by atoms with Gasteiger partial charge in [0.25, 0.3) is 0 Å². The molecule has 0 aliphatic rings. The summed E-state index contributed by atoms with van der Waals surface area (Å²) in [5.41, 5.74) is 1.90. The Kier molecular flexibility index (Phi) is 5.50. The number of alkyl halides is 3. The van der Waals surface area contributed by atoms with E-state index in [2.05, 4.69) is 4.74 Å². The molecule has 1 N–H and O–H groups in total. The average molecular weight is 326 g/mol. The van der Waals surface area contributed by atoms with E-state index in [1.165, 1.54) is 12.1 Å². The minimum absolute atomic E-state index is 0.0474. The first kappa shape index (κ1) is 17.1. The van der Waals surface area contributed by atoms with Gasteiger partial charge in [-0.25, -0.2) is 0 Å². The van der Waals surface area contributed by atoms with Crippen LogP contribution in [0.25, 0.3) is 11.1 Å². The van der Waals surface area contributed by atoms with E-state index in [4.69, 9.17) is 9.84 Å². The second-order valence-corrected chi connectivity index (χ2v) is 4.92. The predicted octanol–water partition coefficient (Wildman–Crippen LogP) is 4.53. The summed E-state index contributed by atoms with van der Waals surface area (Å²) >= 11 is 0. The number of halogens is 3. The Morgan fingerprint density at radius 3 is 2.39 bits per heavy atom. The van der Waals surface area contributed by atoms with Crippen LogP contribution in [-0.2, 0) is 6.61 Å². The number of aliphatic hydroxyl groups excluding tert-OH is 1. The standard InChI is InChI=1S/C17H17F3O3/c1-2-8-22-15-7-6-14(10-16(15)23-17(18,19)20)13-5-3-4-12(9-13)11-21/h3-7,9-10,21H,2,8,11H2,1H3. The third-order valence-corrected chi connectivity index (χ3v) is 3.07. The first-order chi connectivity index (χ1) is 10.9. The highest BCUT2D eigenvalue weighted by Crippen LogP contribution is 2.36. The van der Waals surface area contributed by atoms with Crippen molar-refractivity contribution in [3.05, 3.63) is 48.0 Å². The van der Waals surface area contributed by atoms with Gasteiger partial charge in [0, 0.05) is 0 Å². The van der Waals surface area contributed by atoms with Crippen molar-refractivity contribution in [2.45, 2.75) is 26.3 Å². The molecule has 2 aromatic rings. The van der Waals surface area contributed by atoms with Crippen molar-refractivity contribution in [2.75, 3.05) is 6.61 Å². The lowest BCUT2D eigenvalue weighted by Gasteiger charge is -2.15. The molecule has 3 nitrogen and oxygen atoms in total. The van der Waals surface area contributed by atoms with E-state index in [1.807, 2.05) is 6.92 Å². The molecule has 6 heteroatoms. The summed E-state index contributed by atoms with van der Waals surface area (Å²) in [7, 11) is 0. The predicted molar refractivity (Wildman–Crippen MR) is 80.3 cm³/mol. The van der Waals surface area contributed by atoms with Gasteiger partial charge in [-0.3, -0.25) is 0 Å². The minimum atomic E-state index is -4.80. The van der Waals surface area contributed by atoms with Gasteiger partial charge in [0.2, 0.25) is 0 Å². The SMILES string of the molecule is CCCOc1ccc(-c2cccc(CO)c2)cc1OC(F)(F)F. The fraction of sp³-hybridized carbons (Fsp3) is 0.294. The van der Waals surface area contributed by atoms with Gasteiger partial charge in [-0.05, 0) is 41.3 Å². The zero-order chi connectivity index (χ0) is 16.9. The molecule has 0 atom stereocenters. The van der Waals surface area contributed by atoms with Gasteiger partial charge in [-0.2, -0.15) is 0 Å². The summed E-state index contributed by atoms with van der Waals surface area (Å²) in [5.74, 6) is -0.330. The largest absolute Gasteiger partial charge is 0.573 e. The zero-order valence-electron chi connectivity index (χ0n) is 12.6. The highest BCUT2D eigenvalue weighted by atomic mass is 19.4. The lowest BCUT2D eigenvalue weighted by Crippen LogP contribution is -2.18. The molecule has 0 radical (unpaired) electrons. The Bertz CT molecular complexity index is 654. The van der Waals surface area contributed by atoms with Crippen LogP contribution in [0.2, 0.25) is 0 Å². The van der Waals surface area contributed by atoms with Crippen LogP contribution < -0.4 is 9.47 Å². The van der Waals surface area contributed by atoms with Crippen LogP contribution in [0.3, 0.4) is 0 Å². The molecule has 2 rings (SSSR count). The monoisotopic (exact) mass is 326 g/mol. The second kappa shape index (κ2) is 7.37. The van der Waals surface area contributed by atoms with Crippen molar-refractivity contribution >= 4 is 0 Å². The summed E-state index contributed by atoms with van der Waals surface area (Å²) in [4.78, 5) is 0. The van der Waals surface area contributed by atoms with E-state index in [9.17, 15) is 13.2 Å². The summed E-state index contributed by atoms with van der Waals surface area (Å²) in [5, 5.41) is 9.16. The summed E-state index contributed by atoms with van der Waals surface area (Å²) in [6.45, 7) is 2.02. The van der Waals surface area contributed by atoms with E-state index < -0.39 is 6.36 Å². The molecular weight excluding hydrogens is 309 g/mol. The van der Waals surface area contributed by atoms with Crippen molar-refractivity contribution in [3.8, 4) is 22.6 Å². The van der Waals surface area contributed by atoms with Crippen molar-refractivity contribution in [3.63, 3.8) is 0 Å². The van der Waals surface area contributed by atoms with E-state index in [0.717, 1.165) is 0 Å². The molecule has 0 aromatic heterocycles. The normalized spacial score (nSPS) is 11.3. The van der Waals surface area contributed by atoms with Gasteiger partial charge >= 0.3 is 6.36 Å². The molecule has 2 aromatic carbocycles. The first-order valence-corrected chi connectivity index (χ1v) is 7.15. The highest BCUT2D eigenvalue weighted by Gasteiger charge is 2.32. The Morgan fingerprint density at radius 2 is 1.74 bits per heavy atom. The molecule has 0 unspecified atom stereocenters. The Labute approximate surface area is 132 Å². The van der Waals surface area contributed by atoms with Crippen LogP contribution >= 0.6 is 0 Å². The molecule has 0 aliphatic heterocycles. The van der Waals surface area contributed by atoms with Gasteiger partial charge in [0.1, 0.15) is 0 Å². The zero-order valence-corrected chi connectivity index (χ0v) is 12.6. The molecule has 23 heavy (non-hydrogen) atoms. The van der Waals surface area contributed by atoms with Crippen molar-refractivity contribution in [1.29, 1.82) is 0 Å². The summed E-state index contributed by atoms with van der Waals surface area (Å²) < 4.78 is 47.1.